The number of urea groups is 1. The summed E-state index contributed by atoms with van der Waals surface area (Å²) in [6.45, 7) is 5.24. The van der Waals surface area contributed by atoms with Gasteiger partial charge in [0.05, 0.1) is 29.3 Å². The van der Waals surface area contributed by atoms with Crippen LogP contribution in [-0.2, 0) is 9.53 Å². The Bertz CT molecular complexity index is 670. The van der Waals surface area contributed by atoms with Gasteiger partial charge in [-0.15, -0.1) is 0 Å². The number of halogens is 1. The lowest BCUT2D eigenvalue weighted by atomic mass is 9.95. The Morgan fingerprint density at radius 1 is 1.35 bits per heavy atom. The number of ether oxygens (including phenoxy) is 2. The standard InChI is InChI=1S/C16H19BrN2O4/c1-8(2)23-15(20)13-9(3)18-16(21)19-14(13)10-5-6-12(22-4)11(17)7-10/h5-8,14H,1-4H3,(H2,18,19,21)/t14-/m0/s1. The van der Waals surface area contributed by atoms with E-state index in [9.17, 15) is 9.59 Å². The van der Waals surface area contributed by atoms with Crippen LogP contribution in [-0.4, -0.2) is 25.2 Å². The zero-order valence-corrected chi connectivity index (χ0v) is 15.0. The molecule has 1 atom stereocenters. The van der Waals surface area contributed by atoms with Gasteiger partial charge >= 0.3 is 12.0 Å². The molecule has 1 aromatic carbocycles. The fraction of sp³-hybridized carbons (Fsp3) is 0.375. The highest BCUT2D eigenvalue weighted by Gasteiger charge is 2.32. The van der Waals surface area contributed by atoms with E-state index in [1.54, 1.807) is 40.0 Å². The highest BCUT2D eigenvalue weighted by molar-refractivity contribution is 9.10. The minimum absolute atomic E-state index is 0.247. The van der Waals surface area contributed by atoms with Crippen LogP contribution in [0.5, 0.6) is 5.75 Å². The lowest BCUT2D eigenvalue weighted by Gasteiger charge is -2.28. The van der Waals surface area contributed by atoms with Crippen molar-refractivity contribution in [2.45, 2.75) is 32.9 Å². The van der Waals surface area contributed by atoms with E-state index in [0.29, 0.717) is 17.0 Å². The second-order valence-electron chi connectivity index (χ2n) is 5.42. The lowest BCUT2D eigenvalue weighted by molar-refractivity contribution is -0.143. The van der Waals surface area contributed by atoms with Gasteiger partial charge in [0.2, 0.25) is 0 Å². The maximum Gasteiger partial charge on any atom is 0.338 e. The molecule has 2 amide bonds. The molecule has 0 aromatic heterocycles. The van der Waals surface area contributed by atoms with E-state index >= 15 is 0 Å². The Morgan fingerprint density at radius 3 is 2.61 bits per heavy atom. The monoisotopic (exact) mass is 382 g/mol. The molecule has 0 aliphatic carbocycles. The third-order valence-corrected chi connectivity index (χ3v) is 3.96. The summed E-state index contributed by atoms with van der Waals surface area (Å²) in [6.07, 6.45) is -0.247. The number of allylic oxidation sites excluding steroid dienone is 1. The first-order valence-corrected chi connectivity index (χ1v) is 7.95. The Labute approximate surface area is 143 Å². The minimum Gasteiger partial charge on any atom is -0.496 e. The predicted molar refractivity (Wildman–Crippen MR) is 89.0 cm³/mol. The number of methoxy groups -OCH3 is 1. The van der Waals surface area contributed by atoms with Crippen LogP contribution in [0.15, 0.2) is 33.9 Å². The Balaban J connectivity index is 2.44. The van der Waals surface area contributed by atoms with Gasteiger partial charge in [-0.05, 0) is 54.4 Å². The summed E-state index contributed by atoms with van der Waals surface area (Å²) in [5.74, 6) is 0.211. The summed E-state index contributed by atoms with van der Waals surface area (Å²) in [4.78, 5) is 24.2. The molecule has 0 spiro atoms. The van der Waals surface area contributed by atoms with E-state index in [-0.39, 0.29) is 12.1 Å². The van der Waals surface area contributed by atoms with Crippen molar-refractivity contribution in [1.29, 1.82) is 0 Å². The molecule has 0 saturated heterocycles. The molecule has 1 aliphatic heterocycles. The van der Waals surface area contributed by atoms with Crippen LogP contribution in [0.1, 0.15) is 32.4 Å². The van der Waals surface area contributed by atoms with Gasteiger partial charge in [-0.1, -0.05) is 6.07 Å². The third-order valence-electron chi connectivity index (χ3n) is 3.34. The minimum atomic E-state index is -0.586. The van der Waals surface area contributed by atoms with Crippen LogP contribution in [0.3, 0.4) is 0 Å². The quantitative estimate of drug-likeness (QED) is 0.784. The number of hydrogen-bond acceptors (Lipinski definition) is 4. The molecular formula is C16H19BrN2O4. The van der Waals surface area contributed by atoms with Crippen LogP contribution in [0.2, 0.25) is 0 Å². The number of amides is 2. The lowest BCUT2D eigenvalue weighted by Crippen LogP contribution is -2.45. The summed E-state index contributed by atoms with van der Waals surface area (Å²) in [7, 11) is 1.57. The van der Waals surface area contributed by atoms with Crippen LogP contribution in [0, 0.1) is 0 Å². The molecular weight excluding hydrogens is 364 g/mol. The van der Waals surface area contributed by atoms with Gasteiger partial charge in [0.25, 0.3) is 0 Å². The first-order chi connectivity index (χ1) is 10.8. The van der Waals surface area contributed by atoms with Gasteiger partial charge in [0.1, 0.15) is 5.75 Å². The molecule has 1 heterocycles. The normalized spacial score (nSPS) is 17.7. The molecule has 7 heteroatoms. The molecule has 2 rings (SSSR count). The highest BCUT2D eigenvalue weighted by atomic mass is 79.9. The molecule has 0 radical (unpaired) electrons. The van der Waals surface area contributed by atoms with Crippen molar-refractivity contribution in [1.82, 2.24) is 10.6 Å². The summed E-state index contributed by atoms with van der Waals surface area (Å²) < 4.78 is 11.2. The smallest absolute Gasteiger partial charge is 0.338 e. The van der Waals surface area contributed by atoms with Gasteiger partial charge in [-0.25, -0.2) is 9.59 Å². The van der Waals surface area contributed by atoms with Crippen molar-refractivity contribution in [3.63, 3.8) is 0 Å². The molecule has 124 valence electrons. The van der Waals surface area contributed by atoms with Crippen molar-refractivity contribution < 1.29 is 19.1 Å². The molecule has 1 aliphatic rings. The summed E-state index contributed by atoms with van der Waals surface area (Å²) >= 11 is 3.42. The first-order valence-electron chi connectivity index (χ1n) is 7.16. The van der Waals surface area contributed by atoms with E-state index in [2.05, 4.69) is 26.6 Å². The van der Waals surface area contributed by atoms with Gasteiger partial charge < -0.3 is 20.1 Å². The van der Waals surface area contributed by atoms with Gasteiger partial charge in [0.15, 0.2) is 0 Å². The van der Waals surface area contributed by atoms with Crippen LogP contribution in [0.25, 0.3) is 0 Å². The molecule has 0 saturated carbocycles. The van der Waals surface area contributed by atoms with Crippen LogP contribution >= 0.6 is 15.9 Å². The van der Waals surface area contributed by atoms with Crippen molar-refractivity contribution in [2.24, 2.45) is 0 Å². The number of carbonyl (C=O) groups is 2. The average Bonchev–Trinajstić information content (AvgIpc) is 2.45. The number of rotatable bonds is 4. The Morgan fingerprint density at radius 2 is 2.04 bits per heavy atom. The Kier molecular flexibility index (Phi) is 5.30. The zero-order valence-electron chi connectivity index (χ0n) is 13.4. The molecule has 1 aromatic rings. The maximum atomic E-state index is 12.4. The Hall–Kier alpha value is -2.02. The summed E-state index contributed by atoms with van der Waals surface area (Å²) in [6, 6.07) is 4.44. The second-order valence-corrected chi connectivity index (χ2v) is 6.27. The summed E-state index contributed by atoms with van der Waals surface area (Å²) in [5.41, 5.74) is 1.62. The van der Waals surface area contributed by atoms with Gasteiger partial charge in [-0.3, -0.25) is 0 Å². The SMILES string of the molecule is COc1ccc([C@@H]2NC(=O)NC(C)=C2C(=O)OC(C)C)cc1Br. The largest absolute Gasteiger partial charge is 0.496 e. The maximum absolute atomic E-state index is 12.4. The number of esters is 1. The topological polar surface area (TPSA) is 76.7 Å². The number of nitrogens with one attached hydrogen (secondary N) is 2. The number of carbonyl (C=O) groups excluding carboxylic acids is 2. The molecule has 0 unspecified atom stereocenters. The van der Waals surface area contributed by atoms with E-state index in [4.69, 9.17) is 9.47 Å². The van der Waals surface area contributed by atoms with E-state index < -0.39 is 12.0 Å². The molecule has 23 heavy (non-hydrogen) atoms. The molecule has 2 N–H and O–H groups in total. The van der Waals surface area contributed by atoms with E-state index in [1.165, 1.54) is 0 Å². The third kappa shape index (κ3) is 3.85. The summed E-state index contributed by atoms with van der Waals surface area (Å²) in [5, 5.41) is 5.37. The first kappa shape index (κ1) is 17.3. The van der Waals surface area contributed by atoms with Crippen LogP contribution in [0.4, 0.5) is 4.79 Å². The van der Waals surface area contributed by atoms with Crippen LogP contribution < -0.4 is 15.4 Å². The van der Waals surface area contributed by atoms with Crippen molar-refractivity contribution in [3.05, 3.63) is 39.5 Å². The van der Waals surface area contributed by atoms with E-state index in [0.717, 1.165) is 10.0 Å². The highest BCUT2D eigenvalue weighted by Crippen LogP contribution is 2.33. The van der Waals surface area contributed by atoms with Crippen molar-refractivity contribution in [3.8, 4) is 5.75 Å². The fourth-order valence-electron chi connectivity index (χ4n) is 2.35. The number of benzene rings is 1. The molecule has 0 fully saturated rings. The van der Waals surface area contributed by atoms with Gasteiger partial charge in [-0.2, -0.15) is 0 Å². The fourth-order valence-corrected chi connectivity index (χ4v) is 2.91. The average molecular weight is 383 g/mol. The van der Waals surface area contributed by atoms with Crippen molar-refractivity contribution >= 4 is 27.9 Å². The van der Waals surface area contributed by atoms with Crippen molar-refractivity contribution in [2.75, 3.05) is 7.11 Å². The molecule has 0 bridgehead atoms. The zero-order chi connectivity index (χ0) is 17.1. The second kappa shape index (κ2) is 7.04. The van der Waals surface area contributed by atoms with E-state index in [1.807, 2.05) is 6.07 Å². The predicted octanol–water partition coefficient (Wildman–Crippen LogP) is 3.04. The molecule has 6 nitrogen and oxygen atoms in total. The van der Waals surface area contributed by atoms with Gasteiger partial charge in [0, 0.05) is 5.70 Å². The number of hydrogen-bond donors (Lipinski definition) is 2.